The normalized spacial score (nSPS) is 21.2. The Bertz CT molecular complexity index is 576. The van der Waals surface area contributed by atoms with Gasteiger partial charge in [0, 0.05) is 31.4 Å². The number of morpholine rings is 1. The lowest BCUT2D eigenvalue weighted by Crippen LogP contribution is -2.49. The number of rotatable bonds is 4. The lowest BCUT2D eigenvalue weighted by Gasteiger charge is -2.34. The minimum absolute atomic E-state index is 0.180. The quantitative estimate of drug-likeness (QED) is 0.849. The SMILES string of the molecule is CC[C@@H]1CN(C(=O)CN2CCCCc3ccc(OC)cc32)CCO1. The lowest BCUT2D eigenvalue weighted by atomic mass is 10.1. The summed E-state index contributed by atoms with van der Waals surface area (Å²) in [6.07, 6.45) is 4.48. The van der Waals surface area contributed by atoms with Gasteiger partial charge in [-0.05, 0) is 37.3 Å². The Kier molecular flexibility index (Phi) is 5.61. The number of ether oxygens (including phenoxy) is 2. The maximum Gasteiger partial charge on any atom is 0.242 e. The van der Waals surface area contributed by atoms with Crippen molar-refractivity contribution in [2.45, 2.75) is 38.7 Å². The Morgan fingerprint density at radius 3 is 3.00 bits per heavy atom. The number of carbonyl (C=O) groups is 1. The van der Waals surface area contributed by atoms with Crippen LogP contribution in [0.4, 0.5) is 5.69 Å². The van der Waals surface area contributed by atoms with Crippen LogP contribution in [-0.4, -0.2) is 56.8 Å². The molecule has 5 heteroatoms. The van der Waals surface area contributed by atoms with E-state index in [0.717, 1.165) is 37.2 Å². The Balaban J connectivity index is 1.73. The van der Waals surface area contributed by atoms with Crippen molar-refractivity contribution in [1.29, 1.82) is 0 Å². The third kappa shape index (κ3) is 3.83. The third-order valence-electron chi connectivity index (χ3n) is 5.03. The Morgan fingerprint density at radius 2 is 2.21 bits per heavy atom. The maximum atomic E-state index is 12.8. The maximum absolute atomic E-state index is 12.8. The van der Waals surface area contributed by atoms with Crippen molar-refractivity contribution < 1.29 is 14.3 Å². The van der Waals surface area contributed by atoms with Crippen LogP contribution in [0, 0.1) is 0 Å². The highest BCUT2D eigenvalue weighted by atomic mass is 16.5. The first-order valence-electron chi connectivity index (χ1n) is 9.02. The molecule has 0 radical (unpaired) electrons. The van der Waals surface area contributed by atoms with Gasteiger partial charge in [0.05, 0.1) is 26.4 Å². The molecule has 5 nitrogen and oxygen atoms in total. The van der Waals surface area contributed by atoms with E-state index in [1.165, 1.54) is 12.0 Å². The zero-order valence-corrected chi connectivity index (χ0v) is 14.8. The number of hydrogen-bond acceptors (Lipinski definition) is 4. The predicted molar refractivity (Wildman–Crippen MR) is 94.8 cm³/mol. The average molecular weight is 332 g/mol. The highest BCUT2D eigenvalue weighted by Gasteiger charge is 2.26. The number of nitrogens with zero attached hydrogens (tertiary/aromatic N) is 2. The van der Waals surface area contributed by atoms with Crippen LogP contribution in [-0.2, 0) is 16.0 Å². The van der Waals surface area contributed by atoms with E-state index in [9.17, 15) is 4.79 Å². The average Bonchev–Trinajstić information content (AvgIpc) is 2.83. The van der Waals surface area contributed by atoms with E-state index in [0.29, 0.717) is 26.2 Å². The molecule has 1 amide bonds. The molecule has 1 atom stereocenters. The topological polar surface area (TPSA) is 42.0 Å². The number of anilines is 1. The molecule has 1 fully saturated rings. The van der Waals surface area contributed by atoms with Gasteiger partial charge < -0.3 is 19.3 Å². The van der Waals surface area contributed by atoms with Crippen LogP contribution >= 0.6 is 0 Å². The third-order valence-corrected chi connectivity index (χ3v) is 5.03. The molecule has 0 bridgehead atoms. The van der Waals surface area contributed by atoms with Crippen LogP contribution in [0.3, 0.4) is 0 Å². The molecule has 2 aliphatic heterocycles. The van der Waals surface area contributed by atoms with Crippen molar-refractivity contribution in [1.82, 2.24) is 4.90 Å². The van der Waals surface area contributed by atoms with Crippen molar-refractivity contribution >= 4 is 11.6 Å². The second-order valence-electron chi connectivity index (χ2n) is 6.61. The van der Waals surface area contributed by atoms with E-state index in [1.807, 2.05) is 11.0 Å². The molecule has 0 aromatic heterocycles. The molecule has 0 saturated carbocycles. The molecular formula is C19H28N2O3. The van der Waals surface area contributed by atoms with Gasteiger partial charge in [0.15, 0.2) is 0 Å². The molecule has 2 aliphatic rings. The lowest BCUT2D eigenvalue weighted by molar-refractivity contribution is -0.137. The van der Waals surface area contributed by atoms with Gasteiger partial charge in [-0.25, -0.2) is 0 Å². The summed E-state index contributed by atoms with van der Waals surface area (Å²) in [6, 6.07) is 6.22. The number of amides is 1. The Hall–Kier alpha value is -1.75. The van der Waals surface area contributed by atoms with Crippen LogP contribution in [0.15, 0.2) is 18.2 Å². The van der Waals surface area contributed by atoms with Crippen molar-refractivity contribution in [3.8, 4) is 5.75 Å². The van der Waals surface area contributed by atoms with Crippen LogP contribution in [0.25, 0.3) is 0 Å². The predicted octanol–water partition coefficient (Wildman–Crippen LogP) is 2.48. The Morgan fingerprint density at radius 1 is 1.33 bits per heavy atom. The van der Waals surface area contributed by atoms with Gasteiger partial charge in [-0.2, -0.15) is 0 Å². The molecule has 132 valence electrons. The van der Waals surface area contributed by atoms with Crippen LogP contribution in [0.5, 0.6) is 5.75 Å². The highest BCUT2D eigenvalue weighted by molar-refractivity contribution is 5.82. The molecule has 2 heterocycles. The summed E-state index contributed by atoms with van der Waals surface area (Å²) < 4.78 is 11.1. The van der Waals surface area contributed by atoms with Crippen LogP contribution < -0.4 is 9.64 Å². The van der Waals surface area contributed by atoms with Crippen LogP contribution in [0.1, 0.15) is 31.7 Å². The Labute approximate surface area is 144 Å². The number of methoxy groups -OCH3 is 1. The zero-order valence-electron chi connectivity index (χ0n) is 14.8. The van der Waals surface area contributed by atoms with Gasteiger partial charge >= 0.3 is 0 Å². The largest absolute Gasteiger partial charge is 0.497 e. The number of aryl methyl sites for hydroxylation is 1. The van der Waals surface area contributed by atoms with E-state index in [1.54, 1.807) is 7.11 Å². The number of hydrogen-bond donors (Lipinski definition) is 0. The molecule has 3 rings (SSSR count). The summed E-state index contributed by atoms with van der Waals surface area (Å²) in [7, 11) is 1.69. The second kappa shape index (κ2) is 7.88. The van der Waals surface area contributed by atoms with Gasteiger partial charge in [0.2, 0.25) is 5.91 Å². The summed E-state index contributed by atoms with van der Waals surface area (Å²) in [4.78, 5) is 17.0. The second-order valence-corrected chi connectivity index (χ2v) is 6.61. The van der Waals surface area contributed by atoms with Gasteiger partial charge in [-0.3, -0.25) is 4.79 Å². The first kappa shape index (κ1) is 17.1. The molecule has 0 spiro atoms. The van der Waals surface area contributed by atoms with Crippen molar-refractivity contribution in [3.05, 3.63) is 23.8 Å². The van der Waals surface area contributed by atoms with Crippen LogP contribution in [0.2, 0.25) is 0 Å². The first-order valence-corrected chi connectivity index (χ1v) is 9.02. The minimum atomic E-state index is 0.180. The highest BCUT2D eigenvalue weighted by Crippen LogP contribution is 2.30. The van der Waals surface area contributed by atoms with Gasteiger partial charge in [0.1, 0.15) is 5.75 Å². The van der Waals surface area contributed by atoms with Crippen molar-refractivity contribution in [2.75, 3.05) is 44.8 Å². The van der Waals surface area contributed by atoms with Crippen molar-refractivity contribution in [2.24, 2.45) is 0 Å². The number of benzene rings is 1. The molecule has 1 aromatic carbocycles. The fourth-order valence-corrected chi connectivity index (χ4v) is 3.54. The summed E-state index contributed by atoms with van der Waals surface area (Å²) >= 11 is 0. The molecule has 0 N–H and O–H groups in total. The summed E-state index contributed by atoms with van der Waals surface area (Å²) in [5, 5.41) is 0. The van der Waals surface area contributed by atoms with E-state index < -0.39 is 0 Å². The molecule has 0 aliphatic carbocycles. The number of fused-ring (bicyclic) bond motifs is 1. The number of carbonyl (C=O) groups excluding carboxylic acids is 1. The first-order chi connectivity index (χ1) is 11.7. The van der Waals surface area contributed by atoms with Gasteiger partial charge in [0.25, 0.3) is 0 Å². The van der Waals surface area contributed by atoms with E-state index in [-0.39, 0.29) is 12.0 Å². The van der Waals surface area contributed by atoms with E-state index >= 15 is 0 Å². The molecule has 24 heavy (non-hydrogen) atoms. The summed E-state index contributed by atoms with van der Waals surface area (Å²) in [6.45, 7) is 5.54. The molecular weight excluding hydrogens is 304 g/mol. The zero-order chi connectivity index (χ0) is 16.9. The van der Waals surface area contributed by atoms with Crippen molar-refractivity contribution in [3.63, 3.8) is 0 Å². The smallest absolute Gasteiger partial charge is 0.242 e. The van der Waals surface area contributed by atoms with Gasteiger partial charge in [-0.1, -0.05) is 13.0 Å². The summed E-state index contributed by atoms with van der Waals surface area (Å²) in [5.41, 5.74) is 2.47. The standard InChI is InChI=1S/C19H28N2O3/c1-3-16-13-21(10-11-24-16)19(22)14-20-9-5-4-6-15-7-8-17(23-2)12-18(15)20/h7-8,12,16H,3-6,9-11,13-14H2,1-2H3/t16-/m1/s1. The summed E-state index contributed by atoms with van der Waals surface area (Å²) in [5.74, 6) is 1.05. The minimum Gasteiger partial charge on any atom is -0.497 e. The van der Waals surface area contributed by atoms with Gasteiger partial charge in [-0.15, -0.1) is 0 Å². The fraction of sp³-hybridized carbons (Fsp3) is 0.632. The molecule has 1 aromatic rings. The van der Waals surface area contributed by atoms with E-state index in [2.05, 4.69) is 24.0 Å². The van der Waals surface area contributed by atoms with E-state index in [4.69, 9.17) is 9.47 Å². The fourth-order valence-electron chi connectivity index (χ4n) is 3.54. The monoisotopic (exact) mass is 332 g/mol. The molecule has 1 saturated heterocycles. The molecule has 0 unspecified atom stereocenters.